The molecule has 0 fully saturated rings. The van der Waals surface area contributed by atoms with E-state index in [0.717, 1.165) is 12.8 Å². The van der Waals surface area contributed by atoms with Crippen molar-refractivity contribution in [2.75, 3.05) is 7.05 Å². The molecule has 1 aromatic carbocycles. The summed E-state index contributed by atoms with van der Waals surface area (Å²) >= 11 is 0. The van der Waals surface area contributed by atoms with Gasteiger partial charge >= 0.3 is 6.18 Å². The van der Waals surface area contributed by atoms with Crippen LogP contribution in [0.1, 0.15) is 24.8 Å². The molecule has 1 atom stereocenters. The first-order chi connectivity index (χ1) is 8.01. The van der Waals surface area contributed by atoms with Gasteiger partial charge in [-0.2, -0.15) is 13.2 Å². The number of nitrogens with one attached hydrogen (secondary N) is 1. The fraction of sp³-hybridized carbons (Fsp3) is 0.538. The highest BCUT2D eigenvalue weighted by Gasteiger charge is 2.30. The molecule has 1 N–H and O–H groups in total. The molecule has 1 aromatic rings. The molecule has 0 aromatic heterocycles. The molecule has 0 aliphatic heterocycles. The molecule has 0 heterocycles. The Morgan fingerprint density at radius 2 is 1.82 bits per heavy atom. The summed E-state index contributed by atoms with van der Waals surface area (Å²) in [5, 5.41) is 2.72. The number of alkyl halides is 3. The van der Waals surface area contributed by atoms with Crippen LogP contribution in [-0.2, 0) is 6.42 Å². The Hall–Kier alpha value is -1.03. The van der Waals surface area contributed by atoms with E-state index >= 15 is 0 Å². The Kier molecular flexibility index (Phi) is 5.48. The minimum atomic E-state index is -4.08. The highest BCUT2D eigenvalue weighted by Crippen LogP contribution is 2.23. The fourth-order valence-corrected chi connectivity index (χ4v) is 1.83. The number of benzene rings is 1. The molecule has 96 valence electrons. The van der Waals surface area contributed by atoms with Gasteiger partial charge < -0.3 is 5.32 Å². The Bertz CT molecular complexity index is 308. The molecule has 1 nitrogen and oxygen atoms in total. The maximum atomic E-state index is 12.2. The van der Waals surface area contributed by atoms with Gasteiger partial charge in [0, 0.05) is 6.04 Å². The number of aryl methyl sites for hydroxylation is 1. The fourth-order valence-electron chi connectivity index (χ4n) is 1.83. The first-order valence-electron chi connectivity index (χ1n) is 5.79. The molecule has 0 bridgehead atoms. The Balaban J connectivity index is 2.29. The van der Waals surface area contributed by atoms with Crippen LogP contribution >= 0.6 is 0 Å². The number of hydrogen-bond donors (Lipinski definition) is 1. The van der Waals surface area contributed by atoms with Crippen LogP contribution in [0.5, 0.6) is 0 Å². The third-order valence-corrected chi connectivity index (χ3v) is 2.75. The predicted octanol–water partition coefficient (Wildman–Crippen LogP) is 3.55. The van der Waals surface area contributed by atoms with Gasteiger partial charge in [0.05, 0.1) is 6.42 Å². The van der Waals surface area contributed by atoms with Gasteiger partial charge in [-0.1, -0.05) is 30.3 Å². The summed E-state index contributed by atoms with van der Waals surface area (Å²) in [6.45, 7) is 0. The topological polar surface area (TPSA) is 12.0 Å². The summed E-state index contributed by atoms with van der Waals surface area (Å²) in [4.78, 5) is 0. The zero-order chi connectivity index (χ0) is 12.7. The van der Waals surface area contributed by atoms with Gasteiger partial charge in [-0.25, -0.2) is 0 Å². The van der Waals surface area contributed by atoms with Crippen molar-refractivity contribution < 1.29 is 13.2 Å². The molecule has 1 unspecified atom stereocenters. The SMILES string of the molecule is CNC(CCCc1ccccc1)CC(F)(F)F. The second kappa shape index (κ2) is 6.64. The number of rotatable bonds is 6. The highest BCUT2D eigenvalue weighted by molar-refractivity contribution is 5.14. The predicted molar refractivity (Wildman–Crippen MR) is 62.9 cm³/mol. The van der Waals surface area contributed by atoms with E-state index in [9.17, 15) is 13.2 Å². The molecule has 0 saturated carbocycles. The van der Waals surface area contributed by atoms with E-state index in [1.807, 2.05) is 30.3 Å². The molecule has 0 saturated heterocycles. The van der Waals surface area contributed by atoms with E-state index in [2.05, 4.69) is 5.32 Å². The molecule has 0 aliphatic carbocycles. The van der Waals surface area contributed by atoms with Crippen molar-refractivity contribution >= 4 is 0 Å². The Labute approximate surface area is 100 Å². The molecule has 0 radical (unpaired) electrons. The highest BCUT2D eigenvalue weighted by atomic mass is 19.4. The van der Waals surface area contributed by atoms with Gasteiger partial charge in [0.1, 0.15) is 0 Å². The zero-order valence-corrected chi connectivity index (χ0v) is 9.93. The van der Waals surface area contributed by atoms with Crippen LogP contribution in [0.3, 0.4) is 0 Å². The van der Waals surface area contributed by atoms with Crippen LogP contribution in [0.2, 0.25) is 0 Å². The molecule has 0 amide bonds. The lowest BCUT2D eigenvalue weighted by atomic mass is 10.0. The van der Waals surface area contributed by atoms with Crippen molar-refractivity contribution in [1.29, 1.82) is 0 Å². The van der Waals surface area contributed by atoms with Crippen molar-refractivity contribution in [3.8, 4) is 0 Å². The van der Waals surface area contributed by atoms with Gasteiger partial charge in [0.15, 0.2) is 0 Å². The molecular weight excluding hydrogens is 227 g/mol. The normalized spacial score (nSPS) is 13.6. The average molecular weight is 245 g/mol. The summed E-state index contributed by atoms with van der Waals surface area (Å²) in [6, 6.07) is 9.35. The van der Waals surface area contributed by atoms with E-state index in [0.29, 0.717) is 6.42 Å². The smallest absolute Gasteiger partial charge is 0.317 e. The summed E-state index contributed by atoms with van der Waals surface area (Å²) in [5.74, 6) is 0. The quantitative estimate of drug-likeness (QED) is 0.808. The van der Waals surface area contributed by atoms with Gasteiger partial charge in [-0.15, -0.1) is 0 Å². The van der Waals surface area contributed by atoms with Gasteiger partial charge in [0.25, 0.3) is 0 Å². The summed E-state index contributed by atoms with van der Waals surface area (Å²) < 4.78 is 36.6. The summed E-state index contributed by atoms with van der Waals surface area (Å²) in [6.07, 6.45) is -2.69. The van der Waals surface area contributed by atoms with Crippen LogP contribution < -0.4 is 5.32 Å². The molecular formula is C13H18F3N. The van der Waals surface area contributed by atoms with Crippen molar-refractivity contribution in [3.63, 3.8) is 0 Å². The monoisotopic (exact) mass is 245 g/mol. The Morgan fingerprint density at radius 3 is 2.35 bits per heavy atom. The largest absolute Gasteiger partial charge is 0.390 e. The third kappa shape index (κ3) is 6.31. The lowest BCUT2D eigenvalue weighted by Gasteiger charge is -2.17. The van der Waals surface area contributed by atoms with E-state index in [1.54, 1.807) is 7.05 Å². The van der Waals surface area contributed by atoms with E-state index < -0.39 is 18.6 Å². The van der Waals surface area contributed by atoms with Crippen LogP contribution in [0.15, 0.2) is 30.3 Å². The molecule has 17 heavy (non-hydrogen) atoms. The third-order valence-electron chi connectivity index (χ3n) is 2.75. The van der Waals surface area contributed by atoms with Crippen molar-refractivity contribution in [1.82, 2.24) is 5.32 Å². The Morgan fingerprint density at radius 1 is 1.18 bits per heavy atom. The van der Waals surface area contributed by atoms with Crippen LogP contribution in [-0.4, -0.2) is 19.3 Å². The van der Waals surface area contributed by atoms with Crippen molar-refractivity contribution in [3.05, 3.63) is 35.9 Å². The van der Waals surface area contributed by atoms with E-state index in [4.69, 9.17) is 0 Å². The molecule has 0 spiro atoms. The van der Waals surface area contributed by atoms with Gasteiger partial charge in [-0.05, 0) is 31.9 Å². The van der Waals surface area contributed by atoms with Crippen molar-refractivity contribution in [2.24, 2.45) is 0 Å². The van der Waals surface area contributed by atoms with Crippen LogP contribution in [0.25, 0.3) is 0 Å². The minimum Gasteiger partial charge on any atom is -0.317 e. The second-order valence-electron chi connectivity index (χ2n) is 4.18. The maximum Gasteiger partial charge on any atom is 0.390 e. The lowest BCUT2D eigenvalue weighted by Crippen LogP contribution is -2.31. The summed E-state index contributed by atoms with van der Waals surface area (Å²) in [5.41, 5.74) is 1.18. The first kappa shape index (κ1) is 14.0. The molecule has 1 rings (SSSR count). The van der Waals surface area contributed by atoms with Crippen LogP contribution in [0.4, 0.5) is 13.2 Å². The zero-order valence-electron chi connectivity index (χ0n) is 9.93. The molecule has 0 aliphatic rings. The minimum absolute atomic E-state index is 0.473. The number of hydrogen-bond acceptors (Lipinski definition) is 1. The van der Waals surface area contributed by atoms with E-state index in [1.165, 1.54) is 5.56 Å². The van der Waals surface area contributed by atoms with Gasteiger partial charge in [-0.3, -0.25) is 0 Å². The van der Waals surface area contributed by atoms with Crippen LogP contribution in [0, 0.1) is 0 Å². The standard InChI is InChI=1S/C13H18F3N/c1-17-12(10-13(14,15)16)9-5-8-11-6-3-2-4-7-11/h2-4,6-7,12,17H,5,8-10H2,1H3. The molecule has 4 heteroatoms. The second-order valence-corrected chi connectivity index (χ2v) is 4.18. The average Bonchev–Trinajstić information content (AvgIpc) is 2.27. The number of halogens is 3. The van der Waals surface area contributed by atoms with E-state index in [-0.39, 0.29) is 0 Å². The summed E-state index contributed by atoms with van der Waals surface area (Å²) in [7, 11) is 1.58. The van der Waals surface area contributed by atoms with Gasteiger partial charge in [0.2, 0.25) is 0 Å². The van der Waals surface area contributed by atoms with Crippen molar-refractivity contribution in [2.45, 2.75) is 37.9 Å². The first-order valence-corrected chi connectivity index (χ1v) is 5.79. The lowest BCUT2D eigenvalue weighted by molar-refractivity contribution is -0.140. The maximum absolute atomic E-state index is 12.2.